The van der Waals surface area contributed by atoms with Crippen molar-refractivity contribution in [3.05, 3.63) is 11.6 Å². The normalized spacial score (nSPS) is 51.0. The number of methoxy groups -OCH3 is 2. The van der Waals surface area contributed by atoms with Crippen LogP contribution in [-0.2, 0) is 33.3 Å². The molecule has 2 N–H and O–H groups in total. The molecule has 53 heavy (non-hydrogen) atoms. The lowest BCUT2D eigenvalue weighted by molar-refractivity contribution is -0.217. The molecule has 0 aromatic carbocycles. The fraction of sp³-hybridized carbons (Fsp3) is 0.884. The Morgan fingerprint density at radius 3 is 1.47 bits per heavy atom. The molecule has 0 heterocycles. The van der Waals surface area contributed by atoms with Gasteiger partial charge < -0.3 is 34.0 Å². The number of aliphatic hydroxyl groups is 2. The van der Waals surface area contributed by atoms with Crippen LogP contribution in [0.5, 0.6) is 0 Å². The molecule has 4 unspecified atom stereocenters. The number of ketones is 2. The van der Waals surface area contributed by atoms with E-state index in [4.69, 9.17) is 30.5 Å². The second-order valence-corrected chi connectivity index (χ2v) is 19.6. The highest BCUT2D eigenvalue weighted by molar-refractivity contribution is 6.25. The lowest BCUT2D eigenvalue weighted by Crippen LogP contribution is -2.63. The molecule has 6 aliphatic rings. The fourth-order valence-electron chi connectivity index (χ4n) is 13.7. The molecule has 0 radical (unpaired) electrons. The molecular formula is C43H69ClO9. The van der Waals surface area contributed by atoms with Gasteiger partial charge in [0.1, 0.15) is 31.4 Å². The molecule has 0 amide bonds. The summed E-state index contributed by atoms with van der Waals surface area (Å²) in [6.45, 7) is 17.3. The van der Waals surface area contributed by atoms with Crippen LogP contribution in [0.3, 0.4) is 0 Å². The molecule has 9 nitrogen and oxygen atoms in total. The van der Waals surface area contributed by atoms with Crippen molar-refractivity contribution in [2.75, 3.05) is 27.8 Å². The Bertz CT molecular complexity index is 1390. The van der Waals surface area contributed by atoms with Crippen LogP contribution in [0.2, 0.25) is 0 Å². The van der Waals surface area contributed by atoms with Crippen molar-refractivity contribution in [2.24, 2.45) is 68.0 Å². The quantitative estimate of drug-likeness (QED) is 0.191. The number of hydrogen-bond donors (Lipinski definition) is 2. The minimum atomic E-state index is -0.806. The van der Waals surface area contributed by atoms with Gasteiger partial charge in [-0.25, -0.2) is 0 Å². The molecule has 10 heteroatoms. The highest BCUT2D eigenvalue weighted by Gasteiger charge is 2.69. The third-order valence-electron chi connectivity index (χ3n) is 17.1. The summed E-state index contributed by atoms with van der Waals surface area (Å²) >= 11 is 6.03. The van der Waals surface area contributed by atoms with Crippen molar-refractivity contribution in [3.63, 3.8) is 0 Å². The van der Waals surface area contributed by atoms with Crippen LogP contribution in [0, 0.1) is 68.0 Å². The van der Waals surface area contributed by atoms with Gasteiger partial charge in [-0.3, -0.25) is 9.59 Å². The van der Waals surface area contributed by atoms with E-state index in [1.54, 1.807) is 19.8 Å². The van der Waals surface area contributed by atoms with Gasteiger partial charge in [-0.2, -0.15) is 0 Å². The molecule has 6 rings (SSSR count). The van der Waals surface area contributed by atoms with Crippen LogP contribution in [0.4, 0.5) is 0 Å². The maximum Gasteiger partial charge on any atom is 0.146 e. The molecule has 0 aromatic heterocycles. The van der Waals surface area contributed by atoms with Gasteiger partial charge in [0.15, 0.2) is 0 Å². The second kappa shape index (κ2) is 15.6. The Morgan fingerprint density at radius 2 is 1.09 bits per heavy atom. The Balaban J connectivity index is 0.000000204. The topological polar surface area (TPSA) is 129 Å². The van der Waals surface area contributed by atoms with E-state index in [-0.39, 0.29) is 72.0 Å². The smallest absolute Gasteiger partial charge is 0.146 e. The lowest BCUT2D eigenvalue weighted by Gasteiger charge is -2.62. The van der Waals surface area contributed by atoms with Gasteiger partial charge in [0, 0.05) is 60.7 Å². The Kier molecular flexibility index (Phi) is 12.7. The maximum atomic E-state index is 13.1. The number of halogens is 1. The molecule has 6 aliphatic carbocycles. The monoisotopic (exact) mass is 764 g/mol. The first-order chi connectivity index (χ1) is 24.8. The van der Waals surface area contributed by atoms with Gasteiger partial charge in [0.05, 0.1) is 29.8 Å². The zero-order valence-corrected chi connectivity index (χ0v) is 34.9. The molecule has 6 fully saturated rings. The van der Waals surface area contributed by atoms with Crippen LogP contribution in [-0.4, -0.2) is 80.3 Å². The number of hydrogen-bond acceptors (Lipinski definition) is 9. The summed E-state index contributed by atoms with van der Waals surface area (Å²) in [6, 6.07) is 0. The van der Waals surface area contributed by atoms with Gasteiger partial charge >= 0.3 is 0 Å². The predicted molar refractivity (Wildman–Crippen MR) is 204 cm³/mol. The number of aliphatic hydroxyl groups excluding tert-OH is 2. The number of aldehydes is 1. The highest BCUT2D eigenvalue weighted by Crippen LogP contribution is 2.69. The summed E-state index contributed by atoms with van der Waals surface area (Å²) < 4.78 is 22.6. The zero-order valence-electron chi connectivity index (χ0n) is 34.1. The van der Waals surface area contributed by atoms with E-state index in [9.17, 15) is 24.6 Å². The van der Waals surface area contributed by atoms with Crippen molar-refractivity contribution in [3.8, 4) is 0 Å². The molecule has 302 valence electrons. The highest BCUT2D eigenvalue weighted by atomic mass is 35.5. The lowest BCUT2D eigenvalue weighted by atomic mass is 9.44. The van der Waals surface area contributed by atoms with E-state index >= 15 is 0 Å². The van der Waals surface area contributed by atoms with Crippen molar-refractivity contribution in [1.29, 1.82) is 0 Å². The fourth-order valence-corrected chi connectivity index (χ4v) is 14.0. The molecular weight excluding hydrogens is 696 g/mol. The Hall–Kier alpha value is -1.20. The van der Waals surface area contributed by atoms with Gasteiger partial charge in [-0.05, 0) is 85.9 Å². The average molecular weight is 765 g/mol. The van der Waals surface area contributed by atoms with Crippen LogP contribution in [0.15, 0.2) is 11.6 Å². The summed E-state index contributed by atoms with van der Waals surface area (Å²) in [5.74, 6) is 1.12. The molecule has 0 saturated heterocycles. The van der Waals surface area contributed by atoms with Crippen LogP contribution < -0.4 is 0 Å². The van der Waals surface area contributed by atoms with E-state index in [1.165, 1.54) is 0 Å². The number of rotatable bonds is 8. The van der Waals surface area contributed by atoms with Crippen LogP contribution >= 0.6 is 11.6 Å². The van der Waals surface area contributed by atoms with E-state index in [1.807, 2.05) is 13.0 Å². The number of carbonyl (C=O) groups is 3. The number of Topliss-reactive ketones (excluding diaryl/α,β-unsaturated/α-hetero) is 2. The van der Waals surface area contributed by atoms with E-state index in [2.05, 4.69) is 48.5 Å². The number of carbonyl (C=O) groups excluding carboxylic acids is 3. The standard InChI is InChI=1S/C22H35ClO4.C21H34O5/c1-14-6-8-22-9-7-16(24)18(22)21(14,4)17(25)12-20(3,10-11-23)19(15(22)2)27-13-26-5;1-13-6-8-21-9-7-15(23)17(21)20(13,4)16(24)10-19(3,11-22)18(14(21)2)26-12-25-5/h10-11,14-15,17-19,25H,6-9,12-13H2,1-5H3;11,13-14,16-18,24H,6-10,12H2,1-5H3/t14-,15+,17-,18?,19+,20-,21+,22?;13-,14+,16-,17?,18+,19+,20+,21?/m11/s1. The average Bonchev–Trinajstić information content (AvgIpc) is 3.66. The van der Waals surface area contributed by atoms with Crippen molar-refractivity contribution < 1.29 is 43.5 Å². The van der Waals surface area contributed by atoms with Crippen LogP contribution in [0.25, 0.3) is 0 Å². The van der Waals surface area contributed by atoms with Gasteiger partial charge in [0.2, 0.25) is 0 Å². The maximum absolute atomic E-state index is 13.1. The Labute approximate surface area is 323 Å². The van der Waals surface area contributed by atoms with E-state index < -0.39 is 33.9 Å². The summed E-state index contributed by atoms with van der Waals surface area (Å²) in [7, 11) is 3.19. The van der Waals surface area contributed by atoms with Gasteiger partial charge in [0.25, 0.3) is 0 Å². The molecule has 0 spiro atoms. The van der Waals surface area contributed by atoms with Crippen molar-refractivity contribution >= 4 is 29.5 Å². The molecule has 0 aliphatic heterocycles. The second-order valence-electron chi connectivity index (χ2n) is 19.3. The minimum Gasteiger partial charge on any atom is -0.392 e. The van der Waals surface area contributed by atoms with Crippen molar-refractivity contribution in [1.82, 2.24) is 0 Å². The first-order valence-corrected chi connectivity index (χ1v) is 20.6. The SMILES string of the molecule is COCO[C@H]1[C@H](C)C23CCC(=O)C2[C@@](C)([C@H](C)CC3)[C@H](O)C[C@@]1(C)C=CCl.COCO[C@H]1[C@H](C)C23CCC(=O)C2[C@@](C)([C@H](C)CC3)[C@H](O)C[C@@]1(C)C=O. The summed E-state index contributed by atoms with van der Waals surface area (Å²) in [5, 5.41) is 22.8. The first kappa shape index (κ1) is 42.9. The molecule has 16 atom stereocenters. The van der Waals surface area contributed by atoms with Gasteiger partial charge in [-0.1, -0.05) is 73.1 Å². The summed E-state index contributed by atoms with van der Waals surface area (Å²) in [4.78, 5) is 38.3. The van der Waals surface area contributed by atoms with Crippen LogP contribution in [0.1, 0.15) is 120 Å². The van der Waals surface area contributed by atoms with E-state index in [0.717, 1.165) is 44.8 Å². The third kappa shape index (κ3) is 6.56. The predicted octanol–water partition coefficient (Wildman–Crippen LogP) is 7.52. The summed E-state index contributed by atoms with van der Waals surface area (Å²) in [6.07, 6.45) is 8.82. The number of ether oxygens (including phenoxy) is 4. The first-order valence-electron chi connectivity index (χ1n) is 20.2. The van der Waals surface area contributed by atoms with Gasteiger partial charge in [-0.15, -0.1) is 0 Å². The third-order valence-corrected chi connectivity index (χ3v) is 17.2. The van der Waals surface area contributed by atoms with Crippen molar-refractivity contribution in [2.45, 2.75) is 144 Å². The minimum absolute atomic E-state index is 0.0450. The summed E-state index contributed by atoms with van der Waals surface area (Å²) in [5.41, 5.74) is -0.923. The zero-order chi connectivity index (χ0) is 39.4. The Morgan fingerprint density at radius 1 is 0.698 bits per heavy atom. The largest absolute Gasteiger partial charge is 0.392 e. The molecule has 4 bridgehead atoms. The molecule has 0 aromatic rings. The molecule has 6 saturated carbocycles. The van der Waals surface area contributed by atoms with E-state index in [0.29, 0.717) is 37.4 Å².